The van der Waals surface area contributed by atoms with Crippen molar-refractivity contribution in [3.8, 4) is 0 Å². The summed E-state index contributed by atoms with van der Waals surface area (Å²) in [6.07, 6.45) is 5.17. The number of hydrogen-bond acceptors (Lipinski definition) is 5. The van der Waals surface area contributed by atoms with Gasteiger partial charge in [-0.25, -0.2) is 16.4 Å². The summed E-state index contributed by atoms with van der Waals surface area (Å²) in [7, 11) is 0. The highest BCUT2D eigenvalue weighted by molar-refractivity contribution is 5.92. The Bertz CT molecular complexity index is 903. The highest BCUT2D eigenvalue weighted by Crippen LogP contribution is 2.49. The Morgan fingerprint density at radius 3 is 2.74 bits per heavy atom. The van der Waals surface area contributed by atoms with Crippen LogP contribution in [0.2, 0.25) is 0 Å². The molecule has 1 aromatic heterocycles. The number of rotatable bonds is 5. The van der Waals surface area contributed by atoms with Crippen molar-refractivity contribution >= 4 is 17.7 Å². The monoisotopic (exact) mass is 363 g/mol. The van der Waals surface area contributed by atoms with Gasteiger partial charge >= 0.3 is 6.09 Å². The predicted molar refractivity (Wildman–Crippen MR) is 95.9 cm³/mol. The maximum Gasteiger partial charge on any atom is 0.414 e. The molecule has 1 N–H and O–H groups in total. The highest BCUT2D eigenvalue weighted by Gasteiger charge is 2.52. The molecule has 0 bridgehead atoms. The number of carbonyl (C=O) groups is 2. The second-order valence-corrected chi connectivity index (χ2v) is 6.61. The quantitative estimate of drug-likeness (QED) is 0.822. The average molecular weight is 363 g/mol. The van der Waals surface area contributed by atoms with Gasteiger partial charge in [0.05, 0.1) is 19.3 Å². The van der Waals surface area contributed by atoms with Crippen molar-refractivity contribution in [1.29, 1.82) is 0 Å². The zero-order valence-corrected chi connectivity index (χ0v) is 14.5. The lowest BCUT2D eigenvalue weighted by atomic mass is 10.1. The molecule has 2 heterocycles. The summed E-state index contributed by atoms with van der Waals surface area (Å²) in [5.41, 5.74) is 1.55. The molecule has 1 atom stereocenters. The number of nitrogens with one attached hydrogen (secondary N) is 1. The molecule has 0 unspecified atom stereocenters. The van der Waals surface area contributed by atoms with Crippen molar-refractivity contribution in [2.75, 3.05) is 18.0 Å². The van der Waals surface area contributed by atoms with E-state index in [9.17, 15) is 9.59 Å². The molecule has 27 heavy (non-hydrogen) atoms. The summed E-state index contributed by atoms with van der Waals surface area (Å²) >= 11 is 0. The van der Waals surface area contributed by atoms with Crippen molar-refractivity contribution in [3.05, 3.63) is 65.5 Å². The van der Waals surface area contributed by atoms with E-state index in [1.807, 2.05) is 24.3 Å². The molecule has 0 spiro atoms. The number of cyclic esters (lactones) is 1. The number of carbonyl (C=O) groups excluding carboxylic acids is 2. The SMILES string of the molecule is [C-]#[N+]C1(c2ccc(N3C[C@H](CNC(=O)c4cnccn4)OC3=O)cc2)CC1. The molecule has 8 heteroatoms. The maximum absolute atomic E-state index is 12.2. The van der Waals surface area contributed by atoms with E-state index < -0.39 is 12.2 Å². The van der Waals surface area contributed by atoms with Gasteiger partial charge in [0.2, 0.25) is 0 Å². The summed E-state index contributed by atoms with van der Waals surface area (Å²) in [5.74, 6) is -0.365. The lowest BCUT2D eigenvalue weighted by Crippen LogP contribution is -2.35. The Morgan fingerprint density at radius 2 is 2.11 bits per heavy atom. The number of hydrogen-bond donors (Lipinski definition) is 1. The Morgan fingerprint density at radius 1 is 1.33 bits per heavy atom. The fourth-order valence-electron chi connectivity index (χ4n) is 3.09. The third-order valence-corrected chi connectivity index (χ3v) is 4.81. The summed E-state index contributed by atoms with van der Waals surface area (Å²) in [5, 5.41) is 2.70. The normalized spacial score (nSPS) is 19.9. The minimum Gasteiger partial charge on any atom is -0.442 e. The van der Waals surface area contributed by atoms with Crippen LogP contribution < -0.4 is 10.2 Å². The molecule has 0 radical (unpaired) electrons. The third kappa shape index (κ3) is 3.31. The van der Waals surface area contributed by atoms with E-state index in [2.05, 4.69) is 20.1 Å². The summed E-state index contributed by atoms with van der Waals surface area (Å²) in [6.45, 7) is 7.86. The molecule has 136 valence electrons. The first-order valence-electron chi connectivity index (χ1n) is 8.63. The van der Waals surface area contributed by atoms with Gasteiger partial charge in [-0.3, -0.25) is 14.7 Å². The van der Waals surface area contributed by atoms with Gasteiger partial charge in [0.15, 0.2) is 0 Å². The number of anilines is 1. The van der Waals surface area contributed by atoms with Crippen LogP contribution in [0, 0.1) is 6.57 Å². The first-order valence-corrected chi connectivity index (χ1v) is 8.63. The van der Waals surface area contributed by atoms with Gasteiger partial charge in [0, 0.05) is 36.5 Å². The van der Waals surface area contributed by atoms with E-state index in [0.717, 1.165) is 18.4 Å². The molecule has 1 aliphatic heterocycles. The number of ether oxygens (including phenoxy) is 1. The first-order chi connectivity index (χ1) is 13.1. The molecule has 1 aliphatic carbocycles. The molecule has 2 fully saturated rings. The molecular formula is C19H17N5O3. The summed E-state index contributed by atoms with van der Waals surface area (Å²) in [6, 6.07) is 7.47. The van der Waals surface area contributed by atoms with Crippen LogP contribution in [0.25, 0.3) is 4.85 Å². The number of nitrogens with zero attached hydrogens (tertiary/aromatic N) is 4. The highest BCUT2D eigenvalue weighted by atomic mass is 16.6. The van der Waals surface area contributed by atoms with Crippen molar-refractivity contribution in [3.63, 3.8) is 0 Å². The summed E-state index contributed by atoms with van der Waals surface area (Å²) in [4.78, 5) is 37.2. The van der Waals surface area contributed by atoms with Crippen molar-refractivity contribution in [2.45, 2.75) is 24.5 Å². The van der Waals surface area contributed by atoms with Crippen molar-refractivity contribution in [1.82, 2.24) is 15.3 Å². The van der Waals surface area contributed by atoms with Crippen LogP contribution >= 0.6 is 0 Å². The van der Waals surface area contributed by atoms with Crippen LogP contribution in [0.15, 0.2) is 42.9 Å². The standard InChI is InChI=1S/C19H17N5O3/c1-20-19(6-7-19)13-2-4-14(5-3-13)24-12-15(27-18(24)26)10-23-17(25)16-11-21-8-9-22-16/h2-5,8-9,11,15H,6-7,10,12H2,(H,23,25)/t15-/m0/s1. The minimum atomic E-state index is -0.451. The number of aromatic nitrogens is 2. The zero-order valence-electron chi connectivity index (χ0n) is 14.5. The van der Waals surface area contributed by atoms with Gasteiger partial charge in [-0.05, 0) is 24.3 Å². The van der Waals surface area contributed by atoms with E-state index in [-0.39, 0.29) is 23.7 Å². The first kappa shape index (κ1) is 17.0. The minimum absolute atomic E-state index is 0.191. The average Bonchev–Trinajstić information content (AvgIpc) is 3.43. The van der Waals surface area contributed by atoms with Crippen LogP contribution in [0.3, 0.4) is 0 Å². The van der Waals surface area contributed by atoms with E-state index >= 15 is 0 Å². The lowest BCUT2D eigenvalue weighted by Gasteiger charge is -2.14. The zero-order chi connectivity index (χ0) is 18.9. The Kier molecular flexibility index (Phi) is 4.20. The number of benzene rings is 1. The van der Waals surface area contributed by atoms with Crippen LogP contribution in [-0.4, -0.2) is 41.2 Å². The second kappa shape index (κ2) is 6.68. The van der Waals surface area contributed by atoms with Crippen LogP contribution in [0.5, 0.6) is 0 Å². The van der Waals surface area contributed by atoms with Crippen LogP contribution in [-0.2, 0) is 10.3 Å². The van der Waals surface area contributed by atoms with Gasteiger partial charge in [0.1, 0.15) is 11.8 Å². The van der Waals surface area contributed by atoms with Gasteiger partial charge in [-0.15, -0.1) is 0 Å². The molecule has 1 aromatic carbocycles. The Labute approximate surface area is 156 Å². The van der Waals surface area contributed by atoms with Gasteiger partial charge in [0.25, 0.3) is 11.4 Å². The van der Waals surface area contributed by atoms with Gasteiger partial charge < -0.3 is 14.9 Å². The lowest BCUT2D eigenvalue weighted by molar-refractivity contribution is 0.0911. The third-order valence-electron chi connectivity index (χ3n) is 4.81. The topological polar surface area (TPSA) is 88.8 Å². The molecule has 2 amide bonds. The molecule has 1 saturated heterocycles. The second-order valence-electron chi connectivity index (χ2n) is 6.61. The van der Waals surface area contributed by atoms with Crippen LogP contribution in [0.4, 0.5) is 10.5 Å². The van der Waals surface area contributed by atoms with Crippen LogP contribution in [0.1, 0.15) is 28.9 Å². The van der Waals surface area contributed by atoms with E-state index in [0.29, 0.717) is 12.2 Å². The molecule has 2 aliphatic rings. The fourth-order valence-corrected chi connectivity index (χ4v) is 3.09. The van der Waals surface area contributed by atoms with Gasteiger partial charge in [-0.2, -0.15) is 0 Å². The molecular weight excluding hydrogens is 346 g/mol. The Balaban J connectivity index is 1.36. The number of amides is 2. The smallest absolute Gasteiger partial charge is 0.414 e. The van der Waals surface area contributed by atoms with E-state index in [1.165, 1.54) is 23.5 Å². The fraction of sp³-hybridized carbons (Fsp3) is 0.316. The molecule has 1 saturated carbocycles. The molecule has 4 rings (SSSR count). The predicted octanol–water partition coefficient (Wildman–Crippen LogP) is 2.14. The molecule has 2 aromatic rings. The van der Waals surface area contributed by atoms with Gasteiger partial charge in [-0.1, -0.05) is 0 Å². The van der Waals surface area contributed by atoms with Crippen molar-refractivity contribution < 1.29 is 14.3 Å². The van der Waals surface area contributed by atoms with Crippen molar-refractivity contribution in [2.24, 2.45) is 0 Å². The van der Waals surface area contributed by atoms with E-state index in [4.69, 9.17) is 11.3 Å². The Hall–Kier alpha value is -3.47. The summed E-state index contributed by atoms with van der Waals surface area (Å²) < 4.78 is 5.33. The molecule has 8 nitrogen and oxygen atoms in total. The van der Waals surface area contributed by atoms with E-state index in [1.54, 1.807) is 0 Å². The maximum atomic E-state index is 12.2. The largest absolute Gasteiger partial charge is 0.442 e.